The minimum Gasteiger partial charge on any atom is -0.488 e. The molecule has 0 amide bonds. The van der Waals surface area contributed by atoms with Crippen LogP contribution >= 0.6 is 12.4 Å². The molecule has 1 aliphatic heterocycles. The number of hydrogen-bond donors (Lipinski definition) is 2. The number of fused-ring (bicyclic) bond motifs is 1. The number of piperazine rings is 1. The number of rotatable bonds is 7. The van der Waals surface area contributed by atoms with Gasteiger partial charge in [-0.3, -0.25) is 9.36 Å². The topological polar surface area (TPSA) is 84.3 Å². The van der Waals surface area contributed by atoms with Crippen LogP contribution in [0.15, 0.2) is 41.3 Å². The summed E-state index contributed by atoms with van der Waals surface area (Å²) in [5.41, 5.74) is 2.72. The van der Waals surface area contributed by atoms with Crippen LogP contribution in [-0.4, -0.2) is 47.3 Å². The van der Waals surface area contributed by atoms with Gasteiger partial charge in [-0.15, -0.1) is 12.4 Å². The first kappa shape index (κ1) is 25.3. The molecular formula is C26H35ClN6O2. The van der Waals surface area contributed by atoms with E-state index in [4.69, 9.17) is 9.72 Å². The lowest BCUT2D eigenvalue weighted by Crippen LogP contribution is -2.43. The molecule has 0 unspecified atom stereocenters. The third-order valence-electron chi connectivity index (χ3n) is 6.61. The third kappa shape index (κ3) is 5.70. The molecule has 2 N–H and O–H groups in total. The van der Waals surface area contributed by atoms with Crippen LogP contribution in [0.2, 0.25) is 0 Å². The first-order valence-electron chi connectivity index (χ1n) is 12.5. The van der Waals surface area contributed by atoms with E-state index in [1.165, 1.54) is 5.69 Å². The summed E-state index contributed by atoms with van der Waals surface area (Å²) in [6.45, 7) is 8.72. The van der Waals surface area contributed by atoms with Crippen LogP contribution < -0.4 is 25.8 Å². The Balaban J connectivity index is 0.00000289. The van der Waals surface area contributed by atoms with Crippen LogP contribution in [0.5, 0.6) is 5.75 Å². The minimum atomic E-state index is -0.0925. The summed E-state index contributed by atoms with van der Waals surface area (Å²) in [7, 11) is 0. The Morgan fingerprint density at radius 2 is 1.86 bits per heavy atom. The maximum atomic E-state index is 13.4. The van der Waals surface area contributed by atoms with Gasteiger partial charge in [0, 0.05) is 55.2 Å². The molecule has 3 heterocycles. The van der Waals surface area contributed by atoms with Gasteiger partial charge in [0.1, 0.15) is 5.65 Å². The molecule has 2 aliphatic rings. The fourth-order valence-corrected chi connectivity index (χ4v) is 4.82. The Morgan fingerprint density at radius 1 is 1.14 bits per heavy atom. The van der Waals surface area contributed by atoms with Crippen molar-refractivity contribution in [3.05, 3.63) is 46.9 Å². The van der Waals surface area contributed by atoms with Crippen molar-refractivity contribution in [2.75, 3.05) is 43.0 Å². The lowest BCUT2D eigenvalue weighted by Gasteiger charge is -2.29. The van der Waals surface area contributed by atoms with E-state index < -0.39 is 0 Å². The molecule has 0 radical (unpaired) electrons. The summed E-state index contributed by atoms with van der Waals surface area (Å²) in [5.74, 6) is 1.22. The van der Waals surface area contributed by atoms with Gasteiger partial charge in [-0.05, 0) is 49.1 Å². The van der Waals surface area contributed by atoms with Crippen molar-refractivity contribution in [3.63, 3.8) is 0 Å². The van der Waals surface area contributed by atoms with Gasteiger partial charge in [-0.1, -0.05) is 26.7 Å². The average molecular weight is 499 g/mol. The molecule has 9 heteroatoms. The maximum absolute atomic E-state index is 13.4. The summed E-state index contributed by atoms with van der Waals surface area (Å²) < 4.78 is 7.73. The number of ether oxygens (including phenoxy) is 1. The number of halogens is 1. The third-order valence-corrected chi connectivity index (χ3v) is 6.61. The highest BCUT2D eigenvalue weighted by molar-refractivity contribution is 5.85. The molecule has 0 bridgehead atoms. The summed E-state index contributed by atoms with van der Waals surface area (Å²) in [5, 5.41) is 7.53. The van der Waals surface area contributed by atoms with Gasteiger partial charge < -0.3 is 20.3 Å². The molecule has 0 spiro atoms. The van der Waals surface area contributed by atoms with Gasteiger partial charge in [0.25, 0.3) is 5.56 Å². The molecule has 1 aliphatic carbocycles. The fourth-order valence-electron chi connectivity index (χ4n) is 4.82. The number of hydrogen-bond acceptors (Lipinski definition) is 7. The van der Waals surface area contributed by atoms with Crippen LogP contribution in [0.4, 0.5) is 17.3 Å². The molecule has 1 saturated heterocycles. The van der Waals surface area contributed by atoms with Crippen LogP contribution in [0.25, 0.3) is 11.0 Å². The number of aromatic nitrogens is 3. The van der Waals surface area contributed by atoms with Crippen molar-refractivity contribution in [2.45, 2.75) is 45.6 Å². The van der Waals surface area contributed by atoms with Gasteiger partial charge in [0.2, 0.25) is 5.95 Å². The number of nitrogens with one attached hydrogen (secondary N) is 2. The minimum absolute atomic E-state index is 0. The van der Waals surface area contributed by atoms with E-state index >= 15 is 0 Å². The van der Waals surface area contributed by atoms with Gasteiger partial charge in [-0.25, -0.2) is 4.98 Å². The summed E-state index contributed by atoms with van der Waals surface area (Å²) >= 11 is 0. The predicted octanol–water partition coefficient (Wildman–Crippen LogP) is 4.52. The van der Waals surface area contributed by atoms with Crippen LogP contribution in [-0.2, 0) is 0 Å². The maximum Gasteiger partial charge on any atom is 0.294 e. The molecule has 0 atom stereocenters. The zero-order valence-electron chi connectivity index (χ0n) is 20.5. The summed E-state index contributed by atoms with van der Waals surface area (Å²) in [4.78, 5) is 25.1. The number of nitrogens with zero attached hydrogens (tertiary/aromatic N) is 4. The Morgan fingerprint density at radius 3 is 2.54 bits per heavy atom. The standard InChI is InChI=1S/C26H34N6O2.ClH/c1-18(2)17-34-23-15-19-16-28-26(30-24(19)32(25(23)33)22-5-3-4-6-22)29-20-7-9-21(10-8-20)31-13-11-27-12-14-31;/h7-10,15-16,18,22,27H,3-6,11-14,17H2,1-2H3,(H,28,29,30);1H. The smallest absolute Gasteiger partial charge is 0.294 e. The van der Waals surface area contributed by atoms with Crippen molar-refractivity contribution in [3.8, 4) is 5.75 Å². The van der Waals surface area contributed by atoms with E-state index in [1.54, 1.807) is 12.3 Å². The summed E-state index contributed by atoms with van der Waals surface area (Å²) in [6.07, 6.45) is 6.02. The number of pyridine rings is 1. The molecule has 188 valence electrons. The molecular weight excluding hydrogens is 464 g/mol. The summed E-state index contributed by atoms with van der Waals surface area (Å²) in [6, 6.07) is 10.3. The molecule has 8 nitrogen and oxygen atoms in total. The van der Waals surface area contributed by atoms with Gasteiger partial charge >= 0.3 is 0 Å². The molecule has 2 aromatic heterocycles. The van der Waals surface area contributed by atoms with Crippen molar-refractivity contribution in [1.29, 1.82) is 0 Å². The molecule has 1 saturated carbocycles. The second-order valence-electron chi connectivity index (χ2n) is 9.71. The van der Waals surface area contributed by atoms with Crippen molar-refractivity contribution in [1.82, 2.24) is 19.9 Å². The SMILES string of the molecule is CC(C)COc1cc2cnc(Nc3ccc(N4CCNCC4)cc3)nc2n(C2CCCC2)c1=O.Cl. The van der Waals surface area contributed by atoms with Crippen molar-refractivity contribution < 1.29 is 4.74 Å². The van der Waals surface area contributed by atoms with Crippen LogP contribution in [0.3, 0.4) is 0 Å². The van der Waals surface area contributed by atoms with E-state index in [-0.39, 0.29) is 24.0 Å². The monoisotopic (exact) mass is 498 g/mol. The van der Waals surface area contributed by atoms with E-state index in [0.29, 0.717) is 29.9 Å². The lowest BCUT2D eigenvalue weighted by molar-refractivity contribution is 0.265. The Bertz CT molecular complexity index is 1180. The first-order chi connectivity index (χ1) is 16.6. The van der Waals surface area contributed by atoms with Gasteiger partial charge in [0.05, 0.1) is 6.61 Å². The predicted molar refractivity (Wildman–Crippen MR) is 144 cm³/mol. The first-order valence-corrected chi connectivity index (χ1v) is 12.5. The second-order valence-corrected chi connectivity index (χ2v) is 9.71. The highest BCUT2D eigenvalue weighted by Crippen LogP contribution is 2.32. The Hall–Kier alpha value is -2.84. The Labute approximate surface area is 212 Å². The highest BCUT2D eigenvalue weighted by atomic mass is 35.5. The second kappa shape index (κ2) is 11.3. The van der Waals surface area contributed by atoms with Gasteiger partial charge in [0.15, 0.2) is 5.75 Å². The van der Waals surface area contributed by atoms with Gasteiger partial charge in [-0.2, -0.15) is 4.98 Å². The van der Waals surface area contributed by atoms with Crippen molar-refractivity contribution in [2.24, 2.45) is 5.92 Å². The molecule has 1 aromatic carbocycles. The fraction of sp³-hybridized carbons (Fsp3) is 0.500. The Kier molecular flexibility index (Phi) is 8.13. The van der Waals surface area contributed by atoms with E-state index in [9.17, 15) is 4.79 Å². The number of anilines is 3. The zero-order chi connectivity index (χ0) is 23.5. The zero-order valence-corrected chi connectivity index (χ0v) is 21.3. The van der Waals surface area contributed by atoms with E-state index in [1.807, 2.05) is 4.57 Å². The molecule has 3 aromatic rings. The lowest BCUT2D eigenvalue weighted by atomic mass is 10.2. The number of benzene rings is 1. The molecule has 2 fully saturated rings. The molecule has 35 heavy (non-hydrogen) atoms. The van der Waals surface area contributed by atoms with Crippen LogP contribution in [0.1, 0.15) is 45.6 Å². The normalized spacial score (nSPS) is 16.5. The highest BCUT2D eigenvalue weighted by Gasteiger charge is 2.23. The van der Waals surface area contributed by atoms with E-state index in [2.05, 4.69) is 58.6 Å². The van der Waals surface area contributed by atoms with E-state index in [0.717, 1.165) is 62.9 Å². The molecule has 5 rings (SSSR count). The quantitative estimate of drug-likeness (QED) is 0.495. The van der Waals surface area contributed by atoms with Crippen LogP contribution in [0, 0.1) is 5.92 Å². The largest absolute Gasteiger partial charge is 0.488 e. The average Bonchev–Trinajstić information content (AvgIpc) is 3.38. The van der Waals surface area contributed by atoms with Crippen molar-refractivity contribution >= 4 is 40.8 Å².